The fourth-order valence-electron chi connectivity index (χ4n) is 1.92. The van der Waals surface area contributed by atoms with E-state index in [0.717, 1.165) is 0 Å². The summed E-state index contributed by atoms with van der Waals surface area (Å²) in [6.07, 6.45) is -4.33. The predicted octanol–water partition coefficient (Wildman–Crippen LogP) is 3.65. The zero-order valence-corrected chi connectivity index (χ0v) is 12.3. The number of ketones is 1. The van der Waals surface area contributed by atoms with Crippen LogP contribution in [0.4, 0.5) is 13.2 Å². The van der Waals surface area contributed by atoms with Crippen molar-refractivity contribution >= 4 is 5.78 Å². The molecule has 0 saturated heterocycles. The third kappa shape index (κ3) is 6.16. The number of ether oxygens (including phenoxy) is 1. The number of benzene rings is 1. The van der Waals surface area contributed by atoms with Crippen LogP contribution >= 0.6 is 0 Å². The molecule has 0 bridgehead atoms. The molecule has 0 heterocycles. The van der Waals surface area contributed by atoms with Crippen molar-refractivity contribution in [2.75, 3.05) is 6.54 Å². The average molecular weight is 303 g/mol. The summed E-state index contributed by atoms with van der Waals surface area (Å²) in [6.45, 7) is 6.16. The Labute approximate surface area is 122 Å². The highest BCUT2D eigenvalue weighted by atomic mass is 19.4. The monoisotopic (exact) mass is 303 g/mol. The van der Waals surface area contributed by atoms with Crippen LogP contribution in [0.15, 0.2) is 24.3 Å². The summed E-state index contributed by atoms with van der Waals surface area (Å²) in [5, 5.41) is 3.18. The fourth-order valence-corrected chi connectivity index (χ4v) is 1.92. The van der Waals surface area contributed by atoms with Gasteiger partial charge in [0.1, 0.15) is 11.5 Å². The minimum absolute atomic E-state index is 0.0487. The molecule has 0 radical (unpaired) electrons. The van der Waals surface area contributed by atoms with Gasteiger partial charge in [-0.05, 0) is 17.7 Å². The SMILES string of the molecule is CCC(=O)[C@H](CNC(C)C)c1ccc(OC(F)(F)F)cc1. The molecule has 0 aliphatic heterocycles. The Morgan fingerprint density at radius 2 is 1.81 bits per heavy atom. The molecule has 118 valence electrons. The number of Topliss-reactive ketones (excluding diaryl/α,β-unsaturated/α-hetero) is 1. The normalized spacial score (nSPS) is 13.3. The van der Waals surface area contributed by atoms with Crippen molar-refractivity contribution in [1.29, 1.82) is 0 Å². The summed E-state index contributed by atoms with van der Waals surface area (Å²) >= 11 is 0. The lowest BCUT2D eigenvalue weighted by Gasteiger charge is -2.18. The van der Waals surface area contributed by atoms with Crippen molar-refractivity contribution in [3.63, 3.8) is 0 Å². The smallest absolute Gasteiger partial charge is 0.406 e. The van der Waals surface area contributed by atoms with Gasteiger partial charge in [-0.15, -0.1) is 13.2 Å². The van der Waals surface area contributed by atoms with Crippen LogP contribution in [-0.2, 0) is 4.79 Å². The standard InChI is InChI=1S/C15H20F3NO2/c1-4-14(20)13(9-19-10(2)3)11-5-7-12(8-6-11)21-15(16,17)18/h5-8,10,13,19H,4,9H2,1-3H3/t13-/m1/s1. The number of hydrogen-bond donors (Lipinski definition) is 1. The van der Waals surface area contributed by atoms with Crippen LogP contribution < -0.4 is 10.1 Å². The average Bonchev–Trinajstić information content (AvgIpc) is 2.38. The van der Waals surface area contributed by atoms with Gasteiger partial charge in [-0.3, -0.25) is 4.79 Å². The number of nitrogens with one attached hydrogen (secondary N) is 1. The van der Waals surface area contributed by atoms with E-state index in [0.29, 0.717) is 18.5 Å². The van der Waals surface area contributed by atoms with E-state index < -0.39 is 6.36 Å². The van der Waals surface area contributed by atoms with Crippen LogP contribution in [0.2, 0.25) is 0 Å². The number of hydrogen-bond acceptors (Lipinski definition) is 3. The summed E-state index contributed by atoms with van der Waals surface area (Å²) in [7, 11) is 0. The third-order valence-corrected chi connectivity index (χ3v) is 2.98. The van der Waals surface area contributed by atoms with Gasteiger partial charge in [0, 0.05) is 19.0 Å². The predicted molar refractivity (Wildman–Crippen MR) is 74.3 cm³/mol. The van der Waals surface area contributed by atoms with Crippen LogP contribution in [-0.4, -0.2) is 24.7 Å². The Kier molecular flexibility index (Phi) is 6.20. The maximum absolute atomic E-state index is 12.1. The van der Waals surface area contributed by atoms with E-state index in [1.165, 1.54) is 24.3 Å². The van der Waals surface area contributed by atoms with Gasteiger partial charge in [0.15, 0.2) is 0 Å². The number of carbonyl (C=O) groups is 1. The highest BCUT2D eigenvalue weighted by Gasteiger charge is 2.31. The van der Waals surface area contributed by atoms with Gasteiger partial charge in [0.25, 0.3) is 0 Å². The molecule has 0 amide bonds. The molecule has 6 heteroatoms. The first-order chi connectivity index (χ1) is 9.73. The number of carbonyl (C=O) groups excluding carboxylic acids is 1. The first kappa shape index (κ1) is 17.5. The summed E-state index contributed by atoms with van der Waals surface area (Å²) in [4.78, 5) is 12.0. The Bertz CT molecular complexity index is 455. The zero-order valence-electron chi connectivity index (χ0n) is 12.3. The third-order valence-electron chi connectivity index (χ3n) is 2.98. The van der Waals surface area contributed by atoms with E-state index in [4.69, 9.17) is 0 Å². The lowest BCUT2D eigenvalue weighted by molar-refractivity contribution is -0.274. The Morgan fingerprint density at radius 3 is 2.24 bits per heavy atom. The highest BCUT2D eigenvalue weighted by molar-refractivity contribution is 5.85. The van der Waals surface area contributed by atoms with Crippen molar-refractivity contribution in [2.45, 2.75) is 45.5 Å². The molecule has 1 aromatic rings. The number of rotatable bonds is 7. The topological polar surface area (TPSA) is 38.3 Å². The van der Waals surface area contributed by atoms with E-state index >= 15 is 0 Å². The van der Waals surface area contributed by atoms with Crippen LogP contribution in [0.5, 0.6) is 5.75 Å². The summed E-state index contributed by atoms with van der Waals surface area (Å²) in [6, 6.07) is 5.69. The molecule has 3 nitrogen and oxygen atoms in total. The molecule has 0 aromatic heterocycles. The maximum atomic E-state index is 12.1. The molecular weight excluding hydrogens is 283 g/mol. The first-order valence-corrected chi connectivity index (χ1v) is 6.84. The Hall–Kier alpha value is -1.56. The van der Waals surface area contributed by atoms with Crippen molar-refractivity contribution in [1.82, 2.24) is 5.32 Å². The van der Waals surface area contributed by atoms with Gasteiger partial charge in [0.2, 0.25) is 0 Å². The van der Waals surface area contributed by atoms with Crippen molar-refractivity contribution < 1.29 is 22.7 Å². The van der Waals surface area contributed by atoms with E-state index in [2.05, 4.69) is 10.1 Å². The molecule has 0 aliphatic rings. The molecule has 1 atom stereocenters. The zero-order chi connectivity index (χ0) is 16.0. The lowest BCUT2D eigenvalue weighted by Crippen LogP contribution is -2.31. The highest BCUT2D eigenvalue weighted by Crippen LogP contribution is 2.25. The largest absolute Gasteiger partial charge is 0.573 e. The molecule has 21 heavy (non-hydrogen) atoms. The second kappa shape index (κ2) is 7.45. The molecule has 0 saturated carbocycles. The van der Waals surface area contributed by atoms with Crippen molar-refractivity contribution in [2.24, 2.45) is 0 Å². The van der Waals surface area contributed by atoms with Gasteiger partial charge >= 0.3 is 6.36 Å². The van der Waals surface area contributed by atoms with Crippen LogP contribution in [0, 0.1) is 0 Å². The molecule has 1 aromatic carbocycles. The van der Waals surface area contributed by atoms with Gasteiger partial charge < -0.3 is 10.1 Å². The van der Waals surface area contributed by atoms with Crippen LogP contribution in [0.1, 0.15) is 38.7 Å². The van der Waals surface area contributed by atoms with E-state index in [1.807, 2.05) is 13.8 Å². The molecule has 0 unspecified atom stereocenters. The summed E-state index contributed by atoms with van der Waals surface area (Å²) in [5.41, 5.74) is 0.685. The van der Waals surface area contributed by atoms with Crippen molar-refractivity contribution in [3.8, 4) is 5.75 Å². The van der Waals surface area contributed by atoms with Gasteiger partial charge in [0.05, 0.1) is 5.92 Å². The molecular formula is C15H20F3NO2. The molecule has 0 fully saturated rings. The minimum Gasteiger partial charge on any atom is -0.406 e. The van der Waals surface area contributed by atoms with E-state index in [-0.39, 0.29) is 23.5 Å². The van der Waals surface area contributed by atoms with Crippen LogP contribution in [0.25, 0.3) is 0 Å². The lowest BCUT2D eigenvalue weighted by atomic mass is 9.93. The second-order valence-electron chi connectivity index (χ2n) is 5.05. The number of alkyl halides is 3. The van der Waals surface area contributed by atoms with E-state index in [9.17, 15) is 18.0 Å². The fraction of sp³-hybridized carbons (Fsp3) is 0.533. The Morgan fingerprint density at radius 1 is 1.24 bits per heavy atom. The summed E-state index contributed by atoms with van der Waals surface area (Å²) in [5.74, 6) is -0.601. The minimum atomic E-state index is -4.71. The maximum Gasteiger partial charge on any atom is 0.573 e. The quantitative estimate of drug-likeness (QED) is 0.835. The van der Waals surface area contributed by atoms with E-state index in [1.54, 1.807) is 6.92 Å². The van der Waals surface area contributed by atoms with Gasteiger partial charge in [-0.2, -0.15) is 0 Å². The molecule has 1 N–H and O–H groups in total. The molecule has 0 spiro atoms. The van der Waals surface area contributed by atoms with Gasteiger partial charge in [-0.25, -0.2) is 0 Å². The Balaban J connectivity index is 2.85. The van der Waals surface area contributed by atoms with Crippen LogP contribution in [0.3, 0.4) is 0 Å². The number of halogens is 3. The first-order valence-electron chi connectivity index (χ1n) is 6.84. The molecule has 1 rings (SSSR count). The van der Waals surface area contributed by atoms with Gasteiger partial charge in [-0.1, -0.05) is 32.9 Å². The van der Waals surface area contributed by atoms with Crippen molar-refractivity contribution in [3.05, 3.63) is 29.8 Å². The second-order valence-corrected chi connectivity index (χ2v) is 5.05. The molecule has 0 aliphatic carbocycles. The summed E-state index contributed by atoms with van der Waals surface area (Å²) < 4.78 is 40.1.